The number of alkyl halides is 3. The number of carboxylic acids is 1. The zero-order valence-corrected chi connectivity index (χ0v) is 23.8. The number of aromatic amines is 1. The molecular formula is C24H22F3N7O8S2. The molecule has 234 valence electrons. The van der Waals surface area contributed by atoms with Gasteiger partial charge in [0, 0.05) is 38.3 Å². The van der Waals surface area contributed by atoms with Crippen molar-refractivity contribution < 1.29 is 41.2 Å². The lowest BCUT2D eigenvalue weighted by atomic mass is 10.2. The minimum atomic E-state index is -4.63. The number of halogens is 3. The van der Waals surface area contributed by atoms with Gasteiger partial charge in [-0.25, -0.2) is 18.5 Å². The molecule has 20 heteroatoms. The van der Waals surface area contributed by atoms with E-state index in [9.17, 15) is 46.4 Å². The van der Waals surface area contributed by atoms with E-state index in [1.807, 2.05) is 0 Å². The first-order valence-corrected chi connectivity index (χ1v) is 14.6. The summed E-state index contributed by atoms with van der Waals surface area (Å²) in [6, 6.07) is 8.26. The highest BCUT2D eigenvalue weighted by Gasteiger charge is 2.41. The van der Waals surface area contributed by atoms with E-state index in [1.165, 1.54) is 30.5 Å². The van der Waals surface area contributed by atoms with Crippen molar-refractivity contribution in [3.8, 4) is 5.75 Å². The maximum absolute atomic E-state index is 13.0. The van der Waals surface area contributed by atoms with Crippen molar-refractivity contribution in [2.45, 2.75) is 23.8 Å². The standard InChI is InChI=1S/C16H14N6O7S2.C8H8F3NO/c23-14-13-11(7-17-19-14)18-16(30-13)20-5-6-21(12(8-20)15(24)25)31(28,29)10-3-1-9(2-4-10)22(26)27;9-8(10,11)13-7-3-1-6(5-12)2-4-7/h1-4,7,12H,5-6,8H2,(H,19,23)(H,24,25);1-4H,5,12H2/t12-;/m1./s1. The van der Waals surface area contributed by atoms with E-state index in [1.54, 1.807) is 4.90 Å². The Morgan fingerprint density at radius 1 is 1.18 bits per heavy atom. The largest absolute Gasteiger partial charge is 0.573 e. The number of aromatic nitrogens is 3. The number of rotatable bonds is 7. The fraction of sp³-hybridized carbons (Fsp3) is 0.250. The molecule has 0 spiro atoms. The van der Waals surface area contributed by atoms with Gasteiger partial charge in [0.25, 0.3) is 11.2 Å². The van der Waals surface area contributed by atoms with Crippen molar-refractivity contribution in [2.24, 2.45) is 5.73 Å². The second-order valence-corrected chi connectivity index (χ2v) is 11.8. The van der Waals surface area contributed by atoms with Crippen LogP contribution in [0.4, 0.5) is 24.0 Å². The number of nitrogens with two attached hydrogens (primary N) is 1. The number of thiazole rings is 1. The predicted octanol–water partition coefficient (Wildman–Crippen LogP) is 2.30. The van der Waals surface area contributed by atoms with E-state index in [-0.39, 0.29) is 36.0 Å². The van der Waals surface area contributed by atoms with E-state index < -0.39 is 38.9 Å². The van der Waals surface area contributed by atoms with Crippen molar-refractivity contribution in [2.75, 3.05) is 24.5 Å². The van der Waals surface area contributed by atoms with E-state index in [4.69, 9.17) is 5.73 Å². The Kier molecular flexibility index (Phi) is 9.47. The number of piperazine rings is 1. The smallest absolute Gasteiger partial charge is 0.480 e. The van der Waals surface area contributed by atoms with Gasteiger partial charge in [-0.15, -0.1) is 13.2 Å². The molecule has 0 unspecified atom stereocenters. The second-order valence-electron chi connectivity index (χ2n) is 8.97. The number of nitro groups is 1. The van der Waals surface area contributed by atoms with Crippen LogP contribution in [-0.4, -0.2) is 75.9 Å². The summed E-state index contributed by atoms with van der Waals surface area (Å²) < 4.78 is 65.9. The molecule has 15 nitrogen and oxygen atoms in total. The average Bonchev–Trinajstić information content (AvgIpc) is 3.43. The number of H-pyrrole nitrogens is 1. The highest BCUT2D eigenvalue weighted by molar-refractivity contribution is 7.89. The Balaban J connectivity index is 0.000000285. The number of nitro benzene ring substituents is 1. The third-order valence-electron chi connectivity index (χ3n) is 6.13. The number of hydrogen-bond acceptors (Lipinski definition) is 12. The van der Waals surface area contributed by atoms with Gasteiger partial charge < -0.3 is 20.5 Å². The molecule has 2 aromatic carbocycles. The van der Waals surface area contributed by atoms with Crippen molar-refractivity contribution in [3.05, 3.63) is 80.8 Å². The Morgan fingerprint density at radius 3 is 2.39 bits per heavy atom. The third kappa shape index (κ3) is 7.45. The van der Waals surface area contributed by atoms with Gasteiger partial charge in [-0.05, 0) is 29.8 Å². The van der Waals surface area contributed by atoms with Gasteiger partial charge >= 0.3 is 12.3 Å². The van der Waals surface area contributed by atoms with Crippen molar-refractivity contribution >= 4 is 48.4 Å². The maximum Gasteiger partial charge on any atom is 0.573 e. The van der Waals surface area contributed by atoms with Crippen molar-refractivity contribution in [1.82, 2.24) is 19.5 Å². The summed E-state index contributed by atoms with van der Waals surface area (Å²) in [5, 5.41) is 26.8. The summed E-state index contributed by atoms with van der Waals surface area (Å²) >= 11 is 1.06. The quantitative estimate of drug-likeness (QED) is 0.193. The summed E-state index contributed by atoms with van der Waals surface area (Å²) in [6.45, 7) is 0.0982. The Bertz CT molecular complexity index is 1810. The Hall–Kier alpha value is -4.66. The number of fused-ring (bicyclic) bond motifs is 1. The van der Waals surface area contributed by atoms with E-state index >= 15 is 0 Å². The highest BCUT2D eigenvalue weighted by atomic mass is 32.2. The van der Waals surface area contributed by atoms with Crippen molar-refractivity contribution in [3.63, 3.8) is 0 Å². The molecule has 5 rings (SSSR count). The summed E-state index contributed by atoms with van der Waals surface area (Å²) in [4.78, 5) is 39.5. The molecule has 3 heterocycles. The third-order valence-corrected chi connectivity index (χ3v) is 9.19. The van der Waals surface area contributed by atoms with Crippen molar-refractivity contribution in [1.29, 1.82) is 0 Å². The van der Waals surface area contributed by atoms with Gasteiger partial charge in [0.1, 0.15) is 22.0 Å². The number of ether oxygens (including phenoxy) is 1. The zero-order chi connectivity index (χ0) is 32.2. The molecule has 2 aromatic heterocycles. The fourth-order valence-electron chi connectivity index (χ4n) is 4.04. The first-order chi connectivity index (χ1) is 20.7. The lowest BCUT2D eigenvalue weighted by Gasteiger charge is -2.38. The minimum absolute atomic E-state index is 0.140. The van der Waals surface area contributed by atoms with E-state index in [2.05, 4.69) is 19.9 Å². The molecule has 4 aromatic rings. The van der Waals surface area contributed by atoms with Crippen LogP contribution in [-0.2, 0) is 21.4 Å². The number of nitrogens with one attached hydrogen (secondary N) is 1. The average molecular weight is 658 g/mol. The highest BCUT2D eigenvalue weighted by Crippen LogP contribution is 2.30. The van der Waals surface area contributed by atoms with Gasteiger partial charge in [0.2, 0.25) is 10.0 Å². The first-order valence-electron chi connectivity index (χ1n) is 12.3. The van der Waals surface area contributed by atoms with Crippen LogP contribution < -0.4 is 20.9 Å². The second kappa shape index (κ2) is 12.9. The molecule has 1 atom stereocenters. The fourth-order valence-corrected chi connectivity index (χ4v) is 6.57. The number of carboxylic acid groups (broad SMARTS) is 1. The number of nitrogens with zero attached hydrogens (tertiary/aromatic N) is 5. The molecule has 4 N–H and O–H groups in total. The Morgan fingerprint density at radius 2 is 1.84 bits per heavy atom. The topological polar surface area (TPSA) is 215 Å². The Labute approximate surface area is 249 Å². The van der Waals surface area contributed by atoms with Crippen LogP contribution in [0.15, 0.2) is 64.4 Å². The molecule has 1 saturated heterocycles. The molecule has 0 saturated carbocycles. The molecule has 0 radical (unpaired) electrons. The van der Waals surface area contributed by atoms with Crippen LogP contribution in [0.3, 0.4) is 0 Å². The van der Waals surface area contributed by atoms with Gasteiger partial charge in [-0.2, -0.15) is 9.40 Å². The van der Waals surface area contributed by atoms with Crippen LogP contribution in [0.5, 0.6) is 5.75 Å². The molecular weight excluding hydrogens is 635 g/mol. The molecule has 1 aliphatic heterocycles. The number of anilines is 1. The number of benzene rings is 2. The maximum atomic E-state index is 13.0. The molecule has 44 heavy (non-hydrogen) atoms. The first kappa shape index (κ1) is 32.3. The number of carbonyl (C=O) groups is 1. The summed E-state index contributed by atoms with van der Waals surface area (Å²) in [5.41, 5.74) is 5.68. The molecule has 1 aliphatic rings. The van der Waals surface area contributed by atoms with E-state index in [0.717, 1.165) is 45.5 Å². The van der Waals surface area contributed by atoms with E-state index in [0.29, 0.717) is 21.9 Å². The summed E-state index contributed by atoms with van der Waals surface area (Å²) in [7, 11) is -4.21. The lowest BCUT2D eigenvalue weighted by molar-refractivity contribution is -0.384. The van der Waals surface area contributed by atoms with Gasteiger partial charge in [-0.3, -0.25) is 19.7 Å². The summed E-state index contributed by atoms with van der Waals surface area (Å²) in [6.07, 6.45) is -3.26. The predicted molar refractivity (Wildman–Crippen MR) is 150 cm³/mol. The van der Waals surface area contributed by atoms with Crippen LogP contribution in [0.25, 0.3) is 10.2 Å². The van der Waals surface area contributed by atoms with Gasteiger partial charge in [0.05, 0.1) is 16.0 Å². The molecule has 0 amide bonds. The number of hydrogen-bond donors (Lipinski definition) is 3. The summed E-state index contributed by atoms with van der Waals surface area (Å²) in [5.74, 6) is -1.58. The SMILES string of the molecule is NCc1ccc(OC(F)(F)F)cc1.O=C(O)[C@H]1CN(c2nc3cn[nH]c(=O)c3s2)CCN1S(=O)(=O)c1ccc([N+](=O)[O-])cc1. The monoisotopic (exact) mass is 657 g/mol. The minimum Gasteiger partial charge on any atom is -0.480 e. The van der Waals surface area contributed by atoms with Crippen LogP contribution in [0, 0.1) is 10.1 Å². The van der Waals surface area contributed by atoms with Gasteiger partial charge in [0.15, 0.2) is 5.13 Å². The lowest BCUT2D eigenvalue weighted by Crippen LogP contribution is -2.58. The molecule has 0 aliphatic carbocycles. The van der Waals surface area contributed by atoms with Crippen LogP contribution in [0.1, 0.15) is 5.56 Å². The van der Waals surface area contributed by atoms with Gasteiger partial charge in [-0.1, -0.05) is 23.5 Å². The number of non-ortho nitro benzene ring substituents is 1. The van der Waals surface area contributed by atoms with Crippen LogP contribution >= 0.6 is 11.3 Å². The number of sulfonamides is 1. The zero-order valence-electron chi connectivity index (χ0n) is 22.2. The van der Waals surface area contributed by atoms with Crippen LogP contribution in [0.2, 0.25) is 0 Å². The molecule has 0 bridgehead atoms. The number of aliphatic carboxylic acids is 1. The normalized spacial score (nSPS) is 15.8. The molecule has 1 fully saturated rings.